The van der Waals surface area contributed by atoms with Crippen molar-refractivity contribution in [3.05, 3.63) is 12.4 Å². The second-order valence-corrected chi connectivity index (χ2v) is 8.51. The summed E-state index contributed by atoms with van der Waals surface area (Å²) in [5.74, 6) is 0. The van der Waals surface area contributed by atoms with E-state index in [-0.39, 0.29) is 11.4 Å². The Bertz CT molecular complexity index is 663. The van der Waals surface area contributed by atoms with Crippen LogP contribution >= 0.6 is 0 Å². The molecule has 1 amide bonds. The average molecular weight is 344 g/mol. The van der Waals surface area contributed by atoms with Crippen LogP contribution in [0, 0.1) is 0 Å². The summed E-state index contributed by atoms with van der Waals surface area (Å²) < 4.78 is 33.4. The molecule has 0 spiro atoms. The first-order chi connectivity index (χ1) is 10.6. The molecular formula is C14H24N4O4S. The van der Waals surface area contributed by atoms with Gasteiger partial charge in [-0.2, -0.15) is 9.40 Å². The highest BCUT2D eigenvalue weighted by molar-refractivity contribution is 7.89. The van der Waals surface area contributed by atoms with Crippen molar-refractivity contribution in [1.82, 2.24) is 19.0 Å². The maximum atomic E-state index is 12.6. The van der Waals surface area contributed by atoms with Crippen molar-refractivity contribution >= 4 is 16.1 Å². The Hall–Kier alpha value is -1.61. The van der Waals surface area contributed by atoms with Crippen molar-refractivity contribution in [2.45, 2.75) is 37.7 Å². The van der Waals surface area contributed by atoms with Crippen LogP contribution in [0.25, 0.3) is 0 Å². The number of carbonyl (C=O) groups is 1. The predicted octanol–water partition coefficient (Wildman–Crippen LogP) is 1.05. The van der Waals surface area contributed by atoms with Gasteiger partial charge in [-0.15, -0.1) is 0 Å². The fraction of sp³-hybridized carbons (Fsp3) is 0.714. The fourth-order valence-corrected chi connectivity index (χ4v) is 3.78. The molecule has 1 saturated heterocycles. The molecule has 0 aliphatic carbocycles. The number of aryl methyl sites for hydroxylation is 1. The van der Waals surface area contributed by atoms with Gasteiger partial charge in [0.15, 0.2) is 0 Å². The maximum absolute atomic E-state index is 12.6. The molecule has 0 unspecified atom stereocenters. The summed E-state index contributed by atoms with van der Waals surface area (Å²) in [5.41, 5.74) is -0.565. The summed E-state index contributed by atoms with van der Waals surface area (Å²) in [7, 11) is -1.91. The molecule has 1 aliphatic heterocycles. The quantitative estimate of drug-likeness (QED) is 0.801. The number of hydrogen-bond acceptors (Lipinski definition) is 5. The third kappa shape index (κ3) is 4.44. The Kier molecular flexibility index (Phi) is 5.00. The molecule has 130 valence electrons. The van der Waals surface area contributed by atoms with E-state index in [1.54, 1.807) is 11.9 Å². The van der Waals surface area contributed by atoms with Gasteiger partial charge in [-0.3, -0.25) is 4.68 Å². The molecule has 2 heterocycles. The minimum Gasteiger partial charge on any atom is -0.444 e. The molecule has 0 atom stereocenters. The van der Waals surface area contributed by atoms with Gasteiger partial charge in [0.25, 0.3) is 0 Å². The van der Waals surface area contributed by atoms with E-state index in [9.17, 15) is 13.2 Å². The standard InChI is InChI=1S/C14H24N4O4S/c1-14(2,3)22-13(19)17-6-5-7-18(9-8-17)23(20,21)12-10-15-16(4)11-12/h10-11H,5-9H2,1-4H3. The highest BCUT2D eigenvalue weighted by atomic mass is 32.2. The van der Waals surface area contributed by atoms with Gasteiger partial charge in [0, 0.05) is 39.4 Å². The highest BCUT2D eigenvalue weighted by Gasteiger charge is 2.30. The normalized spacial score (nSPS) is 17.8. The molecule has 8 nitrogen and oxygen atoms in total. The van der Waals surface area contributed by atoms with E-state index in [0.717, 1.165) is 0 Å². The lowest BCUT2D eigenvalue weighted by atomic mass is 10.2. The third-order valence-electron chi connectivity index (χ3n) is 3.43. The van der Waals surface area contributed by atoms with Crippen molar-refractivity contribution in [1.29, 1.82) is 0 Å². The Morgan fingerprint density at radius 2 is 1.91 bits per heavy atom. The van der Waals surface area contributed by atoms with Crippen LogP contribution in [0.15, 0.2) is 17.3 Å². The summed E-state index contributed by atoms with van der Waals surface area (Å²) in [4.78, 5) is 13.9. The Labute approximate surface area is 137 Å². The summed E-state index contributed by atoms with van der Waals surface area (Å²) in [6.45, 7) is 6.83. The lowest BCUT2D eigenvalue weighted by molar-refractivity contribution is 0.0260. The minimum absolute atomic E-state index is 0.172. The van der Waals surface area contributed by atoms with Gasteiger partial charge in [0.1, 0.15) is 10.5 Å². The van der Waals surface area contributed by atoms with Gasteiger partial charge in [-0.05, 0) is 27.2 Å². The van der Waals surface area contributed by atoms with Gasteiger partial charge < -0.3 is 9.64 Å². The molecule has 1 aromatic heterocycles. The van der Waals surface area contributed by atoms with Crippen molar-refractivity contribution in [2.75, 3.05) is 26.2 Å². The SMILES string of the molecule is Cn1cc(S(=O)(=O)N2CCCN(C(=O)OC(C)(C)C)CC2)cn1. The molecule has 0 N–H and O–H groups in total. The Morgan fingerprint density at radius 3 is 2.48 bits per heavy atom. The number of sulfonamides is 1. The van der Waals surface area contributed by atoms with Crippen molar-refractivity contribution < 1.29 is 17.9 Å². The fourth-order valence-electron chi connectivity index (χ4n) is 2.32. The summed E-state index contributed by atoms with van der Waals surface area (Å²) in [6.07, 6.45) is 2.98. The first-order valence-electron chi connectivity index (χ1n) is 7.56. The number of rotatable bonds is 2. The van der Waals surface area contributed by atoms with Crippen LogP contribution in [0.5, 0.6) is 0 Å². The Morgan fingerprint density at radius 1 is 1.22 bits per heavy atom. The first kappa shape index (κ1) is 17.7. The largest absolute Gasteiger partial charge is 0.444 e. The monoisotopic (exact) mass is 344 g/mol. The summed E-state index contributed by atoms with van der Waals surface area (Å²) in [6, 6.07) is 0. The van der Waals surface area contributed by atoms with E-state index >= 15 is 0 Å². The zero-order valence-electron chi connectivity index (χ0n) is 14.0. The van der Waals surface area contributed by atoms with Crippen molar-refractivity contribution in [2.24, 2.45) is 7.05 Å². The van der Waals surface area contributed by atoms with Gasteiger partial charge >= 0.3 is 6.09 Å². The minimum atomic E-state index is -3.58. The second-order valence-electron chi connectivity index (χ2n) is 6.57. The molecule has 9 heteroatoms. The van der Waals surface area contributed by atoms with E-state index < -0.39 is 21.7 Å². The number of aromatic nitrogens is 2. The lowest BCUT2D eigenvalue weighted by Crippen LogP contribution is -2.40. The van der Waals surface area contributed by atoms with E-state index in [0.29, 0.717) is 26.1 Å². The van der Waals surface area contributed by atoms with Crippen LogP contribution in [0.1, 0.15) is 27.2 Å². The van der Waals surface area contributed by atoms with E-state index in [1.165, 1.54) is 21.4 Å². The molecular weight excluding hydrogens is 320 g/mol. The lowest BCUT2D eigenvalue weighted by Gasteiger charge is -2.26. The smallest absolute Gasteiger partial charge is 0.410 e. The van der Waals surface area contributed by atoms with Crippen LogP contribution in [0.2, 0.25) is 0 Å². The third-order valence-corrected chi connectivity index (χ3v) is 5.28. The maximum Gasteiger partial charge on any atom is 0.410 e. The van der Waals surface area contributed by atoms with Crippen LogP contribution in [-0.4, -0.2) is 65.3 Å². The summed E-state index contributed by atoms with van der Waals surface area (Å²) >= 11 is 0. The van der Waals surface area contributed by atoms with Gasteiger partial charge in [-0.25, -0.2) is 13.2 Å². The number of ether oxygens (including phenoxy) is 1. The number of carbonyl (C=O) groups excluding carboxylic acids is 1. The highest BCUT2D eigenvalue weighted by Crippen LogP contribution is 2.18. The predicted molar refractivity (Wildman–Crippen MR) is 84.4 cm³/mol. The molecule has 2 rings (SSSR count). The molecule has 0 aromatic carbocycles. The molecule has 0 radical (unpaired) electrons. The second kappa shape index (κ2) is 6.48. The average Bonchev–Trinajstić information content (AvgIpc) is 2.72. The Balaban J connectivity index is 2.05. The number of hydrogen-bond donors (Lipinski definition) is 0. The van der Waals surface area contributed by atoms with Crippen LogP contribution in [0.3, 0.4) is 0 Å². The van der Waals surface area contributed by atoms with Gasteiger partial charge in [0.05, 0.1) is 6.20 Å². The van der Waals surface area contributed by atoms with Crippen LogP contribution in [0.4, 0.5) is 4.79 Å². The van der Waals surface area contributed by atoms with E-state index in [2.05, 4.69) is 5.10 Å². The molecule has 0 bridgehead atoms. The first-order valence-corrected chi connectivity index (χ1v) is 9.00. The van der Waals surface area contributed by atoms with Crippen LogP contribution in [-0.2, 0) is 21.8 Å². The van der Waals surface area contributed by atoms with E-state index in [1.807, 2.05) is 20.8 Å². The molecule has 1 aromatic rings. The van der Waals surface area contributed by atoms with E-state index in [4.69, 9.17) is 4.74 Å². The van der Waals surface area contributed by atoms with Crippen molar-refractivity contribution in [3.8, 4) is 0 Å². The molecule has 1 aliphatic rings. The van der Waals surface area contributed by atoms with Gasteiger partial charge in [0.2, 0.25) is 10.0 Å². The van der Waals surface area contributed by atoms with Crippen LogP contribution < -0.4 is 0 Å². The zero-order chi connectivity index (χ0) is 17.3. The molecule has 23 heavy (non-hydrogen) atoms. The molecule has 0 saturated carbocycles. The number of nitrogens with zero attached hydrogens (tertiary/aromatic N) is 4. The zero-order valence-corrected chi connectivity index (χ0v) is 14.8. The van der Waals surface area contributed by atoms with Gasteiger partial charge in [-0.1, -0.05) is 0 Å². The topological polar surface area (TPSA) is 84.7 Å². The molecule has 1 fully saturated rings. The van der Waals surface area contributed by atoms with Crippen molar-refractivity contribution in [3.63, 3.8) is 0 Å². The summed E-state index contributed by atoms with van der Waals surface area (Å²) in [5, 5.41) is 3.91. The number of amides is 1.